The van der Waals surface area contributed by atoms with Crippen LogP contribution in [0.2, 0.25) is 0 Å². The Morgan fingerprint density at radius 3 is 2.59 bits per heavy atom. The highest BCUT2D eigenvalue weighted by molar-refractivity contribution is 7.98. The number of anilines is 2. The summed E-state index contributed by atoms with van der Waals surface area (Å²) in [6.45, 7) is 1.85. The Hall–Kier alpha value is -3.98. The molecule has 0 unspecified atom stereocenters. The van der Waals surface area contributed by atoms with Gasteiger partial charge in [-0.05, 0) is 48.4 Å². The topological polar surface area (TPSA) is 84.7 Å². The molecule has 0 saturated heterocycles. The van der Waals surface area contributed by atoms with E-state index in [1.807, 2.05) is 49.4 Å². The molecule has 0 bridgehead atoms. The standard InChI is InChI=1S/C25H21FN6OS/c1-16-21(23(33)29-19-8-3-2-4-9-19)22(17-11-13-27-14-12-17)32-24(28-16)30-25(31-32)34-15-18-7-5-6-10-20(18)26/h2-14,22H,15H2,1H3,(H,29,33)(H,28,30,31)/t22-/m1/s1. The van der Waals surface area contributed by atoms with Crippen LogP contribution in [0.25, 0.3) is 0 Å². The van der Waals surface area contributed by atoms with Crippen LogP contribution in [0.4, 0.5) is 16.0 Å². The number of allylic oxidation sites excluding steroid dienone is 1. The number of rotatable bonds is 6. The second kappa shape index (κ2) is 9.48. The van der Waals surface area contributed by atoms with E-state index >= 15 is 0 Å². The summed E-state index contributed by atoms with van der Waals surface area (Å²) in [6.07, 6.45) is 3.37. The van der Waals surface area contributed by atoms with Gasteiger partial charge < -0.3 is 10.6 Å². The van der Waals surface area contributed by atoms with Crippen LogP contribution in [0, 0.1) is 5.82 Å². The van der Waals surface area contributed by atoms with Crippen LogP contribution in [0.1, 0.15) is 24.1 Å². The fourth-order valence-corrected chi connectivity index (χ4v) is 4.63. The number of aromatic nitrogens is 4. The Labute approximate surface area is 200 Å². The summed E-state index contributed by atoms with van der Waals surface area (Å²) in [5.74, 6) is 0.416. The molecule has 7 nitrogen and oxygen atoms in total. The second-order valence-corrected chi connectivity index (χ2v) is 8.65. The Morgan fingerprint density at radius 2 is 1.82 bits per heavy atom. The van der Waals surface area contributed by atoms with Gasteiger partial charge in [0.15, 0.2) is 0 Å². The molecule has 170 valence electrons. The van der Waals surface area contributed by atoms with E-state index in [4.69, 9.17) is 0 Å². The van der Waals surface area contributed by atoms with Crippen molar-refractivity contribution in [2.24, 2.45) is 0 Å². The van der Waals surface area contributed by atoms with Crippen LogP contribution in [0.5, 0.6) is 0 Å². The summed E-state index contributed by atoms with van der Waals surface area (Å²) < 4.78 is 15.7. The molecule has 1 aliphatic heterocycles. The summed E-state index contributed by atoms with van der Waals surface area (Å²) in [4.78, 5) is 22.1. The van der Waals surface area contributed by atoms with Crippen molar-refractivity contribution >= 4 is 29.3 Å². The smallest absolute Gasteiger partial charge is 0.255 e. The van der Waals surface area contributed by atoms with E-state index < -0.39 is 6.04 Å². The number of amides is 1. The molecule has 0 spiro atoms. The molecule has 34 heavy (non-hydrogen) atoms. The maximum atomic E-state index is 14.0. The fraction of sp³-hybridized carbons (Fsp3) is 0.120. The van der Waals surface area contributed by atoms with E-state index in [9.17, 15) is 9.18 Å². The van der Waals surface area contributed by atoms with Crippen molar-refractivity contribution in [3.05, 3.63) is 107 Å². The molecule has 1 amide bonds. The molecule has 2 aromatic carbocycles. The molecule has 4 aromatic rings. The van der Waals surface area contributed by atoms with Gasteiger partial charge >= 0.3 is 0 Å². The number of para-hydroxylation sites is 1. The minimum atomic E-state index is -0.502. The lowest BCUT2D eigenvalue weighted by Crippen LogP contribution is -2.31. The zero-order valence-corrected chi connectivity index (χ0v) is 19.1. The molecule has 0 aliphatic carbocycles. The van der Waals surface area contributed by atoms with Gasteiger partial charge in [0.05, 0.1) is 5.57 Å². The lowest BCUT2D eigenvalue weighted by molar-refractivity contribution is -0.113. The molecule has 3 heterocycles. The van der Waals surface area contributed by atoms with Gasteiger partial charge in [0, 0.05) is 29.5 Å². The summed E-state index contributed by atoms with van der Waals surface area (Å²) >= 11 is 1.34. The van der Waals surface area contributed by atoms with E-state index in [1.54, 1.807) is 35.3 Å². The lowest BCUT2D eigenvalue weighted by Gasteiger charge is -2.28. The minimum absolute atomic E-state index is 0.236. The average Bonchev–Trinajstić information content (AvgIpc) is 3.26. The van der Waals surface area contributed by atoms with Gasteiger partial charge in [-0.15, -0.1) is 5.10 Å². The van der Waals surface area contributed by atoms with E-state index in [0.717, 1.165) is 5.56 Å². The van der Waals surface area contributed by atoms with Crippen molar-refractivity contribution in [2.75, 3.05) is 10.6 Å². The van der Waals surface area contributed by atoms with Gasteiger partial charge in [-0.3, -0.25) is 9.78 Å². The van der Waals surface area contributed by atoms with Crippen molar-refractivity contribution in [3.63, 3.8) is 0 Å². The predicted molar refractivity (Wildman–Crippen MR) is 130 cm³/mol. The first-order chi connectivity index (χ1) is 16.6. The van der Waals surface area contributed by atoms with Gasteiger partial charge in [0.1, 0.15) is 11.9 Å². The lowest BCUT2D eigenvalue weighted by atomic mass is 9.96. The van der Waals surface area contributed by atoms with Gasteiger partial charge in [-0.2, -0.15) is 4.98 Å². The summed E-state index contributed by atoms with van der Waals surface area (Å²) in [7, 11) is 0. The van der Waals surface area contributed by atoms with Crippen LogP contribution in [0.3, 0.4) is 0 Å². The van der Waals surface area contributed by atoms with Gasteiger partial charge in [0.2, 0.25) is 11.1 Å². The molecule has 1 atom stereocenters. The van der Waals surface area contributed by atoms with E-state index in [1.165, 1.54) is 17.8 Å². The maximum absolute atomic E-state index is 14.0. The first-order valence-corrected chi connectivity index (χ1v) is 11.7. The zero-order chi connectivity index (χ0) is 23.5. The van der Waals surface area contributed by atoms with Crippen molar-refractivity contribution in [1.82, 2.24) is 19.7 Å². The SMILES string of the molecule is CC1=C(C(=O)Nc2ccccc2)[C@@H](c2ccncc2)n2nc(SCc3ccccc3F)nc2N1. The highest BCUT2D eigenvalue weighted by atomic mass is 32.2. The molecule has 0 saturated carbocycles. The number of benzene rings is 2. The number of carbonyl (C=O) groups is 1. The predicted octanol–water partition coefficient (Wildman–Crippen LogP) is 5.03. The minimum Gasteiger partial charge on any atom is -0.328 e. The maximum Gasteiger partial charge on any atom is 0.255 e. The number of carbonyl (C=O) groups excluding carboxylic acids is 1. The van der Waals surface area contributed by atoms with Gasteiger partial charge in [0.25, 0.3) is 5.91 Å². The van der Waals surface area contributed by atoms with Crippen LogP contribution in [0.15, 0.2) is 95.6 Å². The summed E-state index contributed by atoms with van der Waals surface area (Å²) in [6, 6.07) is 19.2. The first-order valence-electron chi connectivity index (χ1n) is 10.7. The average molecular weight is 473 g/mol. The second-order valence-electron chi connectivity index (χ2n) is 7.71. The third-order valence-electron chi connectivity index (χ3n) is 5.45. The zero-order valence-electron chi connectivity index (χ0n) is 18.3. The summed E-state index contributed by atoms with van der Waals surface area (Å²) in [5, 5.41) is 11.3. The molecule has 5 rings (SSSR count). The molecule has 9 heteroatoms. The third kappa shape index (κ3) is 4.42. The Morgan fingerprint density at radius 1 is 1.09 bits per heavy atom. The number of halogens is 1. The highest BCUT2D eigenvalue weighted by Crippen LogP contribution is 2.36. The quantitative estimate of drug-likeness (QED) is 0.383. The molecule has 2 aromatic heterocycles. The first kappa shape index (κ1) is 21.8. The van der Waals surface area contributed by atoms with Crippen LogP contribution in [-0.4, -0.2) is 25.7 Å². The van der Waals surface area contributed by atoms with Crippen molar-refractivity contribution < 1.29 is 9.18 Å². The number of hydrogen-bond donors (Lipinski definition) is 2. The number of thioether (sulfide) groups is 1. The largest absolute Gasteiger partial charge is 0.328 e. The molecule has 2 N–H and O–H groups in total. The van der Waals surface area contributed by atoms with E-state index in [0.29, 0.717) is 39.4 Å². The van der Waals surface area contributed by atoms with Crippen molar-refractivity contribution in [2.45, 2.75) is 23.9 Å². The van der Waals surface area contributed by atoms with Crippen molar-refractivity contribution in [3.8, 4) is 0 Å². The Balaban J connectivity index is 1.48. The third-order valence-corrected chi connectivity index (χ3v) is 6.33. The van der Waals surface area contributed by atoms with Crippen LogP contribution >= 0.6 is 11.8 Å². The number of nitrogens with one attached hydrogen (secondary N) is 2. The Kier molecular flexibility index (Phi) is 6.09. The number of nitrogens with zero attached hydrogens (tertiary/aromatic N) is 4. The molecule has 0 fully saturated rings. The number of fused-ring (bicyclic) bond motifs is 1. The van der Waals surface area contributed by atoms with E-state index in [2.05, 4.69) is 25.7 Å². The Bertz CT molecular complexity index is 1360. The normalized spacial score (nSPS) is 14.9. The van der Waals surface area contributed by atoms with Gasteiger partial charge in [-0.1, -0.05) is 48.2 Å². The van der Waals surface area contributed by atoms with Crippen LogP contribution in [-0.2, 0) is 10.5 Å². The van der Waals surface area contributed by atoms with Crippen molar-refractivity contribution in [1.29, 1.82) is 0 Å². The van der Waals surface area contributed by atoms with Gasteiger partial charge in [-0.25, -0.2) is 9.07 Å². The molecular formula is C25H21FN6OS. The molecular weight excluding hydrogens is 451 g/mol. The highest BCUT2D eigenvalue weighted by Gasteiger charge is 2.34. The number of hydrogen-bond acceptors (Lipinski definition) is 6. The van der Waals surface area contributed by atoms with E-state index in [-0.39, 0.29) is 11.7 Å². The van der Waals surface area contributed by atoms with Crippen LogP contribution < -0.4 is 10.6 Å². The molecule has 0 radical (unpaired) electrons. The molecule has 1 aliphatic rings. The number of pyridine rings is 1. The monoisotopic (exact) mass is 472 g/mol. The fourth-order valence-electron chi connectivity index (χ4n) is 3.82. The summed E-state index contributed by atoms with van der Waals surface area (Å²) in [5.41, 5.74) is 3.34.